The van der Waals surface area contributed by atoms with Crippen LogP contribution in [0, 0.1) is 11.8 Å². The van der Waals surface area contributed by atoms with Crippen LogP contribution in [0.5, 0.6) is 5.75 Å². The summed E-state index contributed by atoms with van der Waals surface area (Å²) in [6.07, 6.45) is 4.20. The molecule has 4 aliphatic rings. The van der Waals surface area contributed by atoms with E-state index in [9.17, 15) is 4.79 Å². The summed E-state index contributed by atoms with van der Waals surface area (Å²) in [5, 5.41) is 1.19. The van der Waals surface area contributed by atoms with Crippen molar-refractivity contribution < 1.29 is 14.3 Å². The van der Waals surface area contributed by atoms with E-state index in [2.05, 4.69) is 28.9 Å². The van der Waals surface area contributed by atoms with E-state index in [0.29, 0.717) is 11.8 Å². The lowest BCUT2D eigenvalue weighted by atomic mass is 9.56. The molecule has 1 saturated carbocycles. The van der Waals surface area contributed by atoms with Gasteiger partial charge >= 0.3 is 5.97 Å². The van der Waals surface area contributed by atoms with Gasteiger partial charge in [-0.3, -0.25) is 9.69 Å². The minimum atomic E-state index is -0.575. The number of nitrogens with zero attached hydrogens (tertiary/aromatic N) is 1. The Morgan fingerprint density at radius 2 is 2.22 bits per heavy atom. The molecule has 1 aliphatic carbocycles. The van der Waals surface area contributed by atoms with Crippen molar-refractivity contribution in [2.75, 3.05) is 27.3 Å². The lowest BCUT2D eigenvalue weighted by Crippen LogP contribution is -2.67. The number of H-pyrrole nitrogens is 1. The van der Waals surface area contributed by atoms with E-state index in [4.69, 9.17) is 9.47 Å². The van der Waals surface area contributed by atoms with E-state index in [-0.39, 0.29) is 12.0 Å². The molecule has 0 radical (unpaired) electrons. The van der Waals surface area contributed by atoms with Crippen molar-refractivity contribution in [1.82, 2.24) is 9.88 Å². The summed E-state index contributed by atoms with van der Waals surface area (Å²) in [6, 6.07) is 6.40. The smallest absolute Gasteiger partial charge is 0.319 e. The number of nitrogens with one attached hydrogen (secondary N) is 1. The quantitative estimate of drug-likeness (QED) is 0.845. The molecule has 2 aromatic rings. The monoisotopic (exact) mass is 368 g/mol. The summed E-state index contributed by atoms with van der Waals surface area (Å²) >= 11 is 0. The van der Waals surface area contributed by atoms with Gasteiger partial charge in [0.25, 0.3) is 0 Å². The third kappa shape index (κ3) is 2.18. The van der Waals surface area contributed by atoms with Gasteiger partial charge in [0, 0.05) is 35.7 Å². The van der Waals surface area contributed by atoms with Crippen LogP contribution in [-0.2, 0) is 21.4 Å². The van der Waals surface area contributed by atoms with Crippen LogP contribution in [0.2, 0.25) is 0 Å². The number of carbonyl (C=O) groups excluding carboxylic acids is 1. The standard InChI is InChI=1S/C22H28N2O3/c1-4-14-9-13-11-22(21(25)27-3)19-16(7-8-24(12-13)20(14)22)17-10-15(26-2)5-6-18(17)23-19/h5-6,10,13-14,20,23H,4,7-9,11-12H2,1-3H3/t13-,14?,20+,22-/m1/s1. The molecule has 2 unspecified atom stereocenters. The van der Waals surface area contributed by atoms with Crippen molar-refractivity contribution in [1.29, 1.82) is 0 Å². The van der Waals surface area contributed by atoms with E-state index in [1.807, 2.05) is 6.07 Å². The number of esters is 1. The molecule has 144 valence electrons. The summed E-state index contributed by atoms with van der Waals surface area (Å²) in [7, 11) is 3.24. The maximum Gasteiger partial charge on any atom is 0.319 e. The summed E-state index contributed by atoms with van der Waals surface area (Å²) in [5.74, 6) is 1.90. The van der Waals surface area contributed by atoms with Crippen LogP contribution in [0.3, 0.4) is 0 Å². The number of hydrogen-bond donors (Lipinski definition) is 1. The molecule has 3 fully saturated rings. The number of piperidine rings is 2. The van der Waals surface area contributed by atoms with Gasteiger partial charge in [0.1, 0.15) is 11.2 Å². The summed E-state index contributed by atoms with van der Waals surface area (Å²) in [5.41, 5.74) is 2.90. The molecular weight excluding hydrogens is 340 g/mol. The number of aromatic amines is 1. The van der Waals surface area contributed by atoms with Gasteiger partial charge in [0.15, 0.2) is 0 Å². The fourth-order valence-corrected chi connectivity index (χ4v) is 6.42. The number of rotatable bonds is 3. The summed E-state index contributed by atoms with van der Waals surface area (Å²) in [4.78, 5) is 19.6. The topological polar surface area (TPSA) is 54.6 Å². The van der Waals surface area contributed by atoms with Gasteiger partial charge in [-0.05, 0) is 54.9 Å². The predicted octanol–water partition coefficient (Wildman–Crippen LogP) is 3.26. The van der Waals surface area contributed by atoms with E-state index >= 15 is 0 Å². The fraction of sp³-hybridized carbons (Fsp3) is 0.591. The summed E-state index contributed by atoms with van der Waals surface area (Å²) in [6.45, 7) is 4.39. The zero-order valence-corrected chi connectivity index (χ0v) is 16.4. The second-order valence-corrected chi connectivity index (χ2v) is 8.52. The van der Waals surface area contributed by atoms with E-state index in [1.165, 1.54) is 17.4 Å². The molecule has 1 N–H and O–H groups in total. The molecule has 5 heteroatoms. The zero-order valence-electron chi connectivity index (χ0n) is 16.4. The van der Waals surface area contributed by atoms with E-state index in [0.717, 1.165) is 49.3 Å². The van der Waals surface area contributed by atoms with Crippen LogP contribution in [0.25, 0.3) is 10.9 Å². The first-order valence-corrected chi connectivity index (χ1v) is 10.1. The maximum absolute atomic E-state index is 13.4. The lowest BCUT2D eigenvalue weighted by molar-refractivity contribution is -0.162. The zero-order chi connectivity index (χ0) is 18.8. The second-order valence-electron chi connectivity index (χ2n) is 8.52. The number of ether oxygens (including phenoxy) is 2. The molecule has 5 atom stereocenters. The van der Waals surface area contributed by atoms with E-state index in [1.54, 1.807) is 14.2 Å². The first-order chi connectivity index (χ1) is 13.1. The Bertz CT molecular complexity index is 904. The van der Waals surface area contributed by atoms with Crippen molar-refractivity contribution in [2.24, 2.45) is 11.8 Å². The van der Waals surface area contributed by atoms with Crippen molar-refractivity contribution in [3.8, 4) is 5.75 Å². The first kappa shape index (κ1) is 17.1. The van der Waals surface area contributed by atoms with Gasteiger partial charge < -0.3 is 14.5 Å². The Balaban J connectivity index is 1.79. The Kier molecular flexibility index (Phi) is 3.80. The predicted molar refractivity (Wildman–Crippen MR) is 104 cm³/mol. The Morgan fingerprint density at radius 1 is 1.37 bits per heavy atom. The number of carbonyl (C=O) groups is 1. The number of fused-ring (bicyclic) bond motifs is 4. The molecule has 2 saturated heterocycles. The van der Waals surface area contributed by atoms with Gasteiger partial charge in [-0.25, -0.2) is 0 Å². The highest BCUT2D eigenvalue weighted by Crippen LogP contribution is 2.55. The number of aromatic nitrogens is 1. The van der Waals surface area contributed by atoms with Crippen LogP contribution in [0.1, 0.15) is 37.4 Å². The molecule has 4 bridgehead atoms. The molecule has 5 nitrogen and oxygen atoms in total. The van der Waals surface area contributed by atoms with Gasteiger partial charge in [0.2, 0.25) is 0 Å². The van der Waals surface area contributed by atoms with Crippen LogP contribution >= 0.6 is 0 Å². The molecule has 1 aromatic heterocycles. The highest BCUT2D eigenvalue weighted by Gasteiger charge is 2.62. The summed E-state index contributed by atoms with van der Waals surface area (Å²) < 4.78 is 10.9. The number of benzene rings is 1. The first-order valence-electron chi connectivity index (χ1n) is 10.1. The van der Waals surface area contributed by atoms with Crippen molar-refractivity contribution >= 4 is 16.9 Å². The Hall–Kier alpha value is -2.01. The molecule has 6 rings (SSSR count). The van der Waals surface area contributed by atoms with Crippen LogP contribution in [0.4, 0.5) is 0 Å². The maximum atomic E-state index is 13.4. The highest BCUT2D eigenvalue weighted by molar-refractivity contribution is 5.92. The number of methoxy groups -OCH3 is 2. The van der Waals surface area contributed by atoms with Gasteiger partial charge in [-0.15, -0.1) is 0 Å². The molecule has 0 amide bonds. The highest BCUT2D eigenvalue weighted by atomic mass is 16.5. The molecular formula is C22H28N2O3. The van der Waals surface area contributed by atoms with E-state index < -0.39 is 5.41 Å². The second kappa shape index (κ2) is 5.99. The van der Waals surface area contributed by atoms with Crippen molar-refractivity contribution in [2.45, 2.75) is 44.1 Å². The Labute approximate surface area is 160 Å². The van der Waals surface area contributed by atoms with Gasteiger partial charge in [-0.1, -0.05) is 13.3 Å². The number of hydrogen-bond acceptors (Lipinski definition) is 4. The third-order valence-corrected chi connectivity index (χ3v) is 7.37. The van der Waals surface area contributed by atoms with Gasteiger partial charge in [-0.2, -0.15) is 0 Å². The normalized spacial score (nSPS) is 34.2. The molecule has 27 heavy (non-hydrogen) atoms. The minimum absolute atomic E-state index is 0.0676. The molecule has 1 aromatic carbocycles. The van der Waals surface area contributed by atoms with Crippen LogP contribution in [-0.4, -0.2) is 49.2 Å². The SMILES string of the molecule is CCC1C[C@H]2CN3CCc4c([nH]c5ccc(OC)cc45)[C@](C(=O)OC)(C2)[C@H]13. The fourth-order valence-electron chi connectivity index (χ4n) is 6.42. The van der Waals surface area contributed by atoms with Crippen molar-refractivity contribution in [3.63, 3.8) is 0 Å². The molecule has 4 heterocycles. The average molecular weight is 368 g/mol. The lowest BCUT2D eigenvalue weighted by Gasteiger charge is -2.57. The largest absolute Gasteiger partial charge is 0.497 e. The Morgan fingerprint density at radius 3 is 2.96 bits per heavy atom. The minimum Gasteiger partial charge on any atom is -0.497 e. The average Bonchev–Trinajstić information content (AvgIpc) is 3.04. The van der Waals surface area contributed by atoms with Crippen LogP contribution in [0.15, 0.2) is 18.2 Å². The molecule has 0 spiro atoms. The van der Waals surface area contributed by atoms with Gasteiger partial charge in [0.05, 0.1) is 14.2 Å². The van der Waals surface area contributed by atoms with Crippen molar-refractivity contribution in [3.05, 3.63) is 29.5 Å². The third-order valence-electron chi connectivity index (χ3n) is 7.37. The molecule has 3 aliphatic heterocycles. The van der Waals surface area contributed by atoms with Crippen LogP contribution < -0.4 is 4.74 Å².